The Hall–Kier alpha value is -2.17. The molecule has 0 aromatic carbocycles. The third kappa shape index (κ3) is 2.91. The summed E-state index contributed by atoms with van der Waals surface area (Å²) in [6.07, 6.45) is 5.80. The number of hydrogen-bond acceptors (Lipinski definition) is 4. The van der Waals surface area contributed by atoms with Crippen molar-refractivity contribution < 1.29 is 0 Å². The highest BCUT2D eigenvalue weighted by molar-refractivity contribution is 5.31. The lowest BCUT2D eigenvalue weighted by Crippen LogP contribution is -2.11. The second kappa shape index (κ2) is 5.06. The summed E-state index contributed by atoms with van der Waals surface area (Å²) < 4.78 is 0. The fraction of sp³-hybridized carbons (Fsp3) is 0.182. The number of anilines is 1. The van der Waals surface area contributed by atoms with Gasteiger partial charge in [0.1, 0.15) is 5.82 Å². The van der Waals surface area contributed by atoms with E-state index in [0.29, 0.717) is 5.82 Å². The average Bonchev–Trinajstić information content (AvgIpc) is 2.30. The first kappa shape index (κ1) is 10.4. The zero-order valence-electron chi connectivity index (χ0n) is 8.68. The summed E-state index contributed by atoms with van der Waals surface area (Å²) >= 11 is 0. The third-order valence-electron chi connectivity index (χ3n) is 2.12. The molecule has 5 heteroatoms. The fourth-order valence-corrected chi connectivity index (χ4v) is 1.35. The number of hydrogen-bond donors (Lipinski definition) is 2. The maximum atomic E-state index is 11.0. The van der Waals surface area contributed by atoms with E-state index < -0.39 is 0 Å². The van der Waals surface area contributed by atoms with Crippen molar-refractivity contribution in [1.82, 2.24) is 15.0 Å². The molecule has 2 N–H and O–H groups in total. The van der Waals surface area contributed by atoms with Crippen molar-refractivity contribution in [2.45, 2.75) is 6.42 Å². The van der Waals surface area contributed by atoms with Gasteiger partial charge in [0.05, 0.1) is 6.33 Å². The van der Waals surface area contributed by atoms with Crippen molar-refractivity contribution in [3.05, 3.63) is 52.8 Å². The Balaban J connectivity index is 1.87. The van der Waals surface area contributed by atoms with Gasteiger partial charge in [0.2, 0.25) is 0 Å². The predicted octanol–water partition coefficient (Wildman–Crippen LogP) is 0.819. The van der Waals surface area contributed by atoms with Crippen molar-refractivity contribution in [2.24, 2.45) is 0 Å². The summed E-state index contributed by atoms with van der Waals surface area (Å²) in [7, 11) is 0. The molecule has 5 nitrogen and oxygen atoms in total. The molecule has 0 fully saturated rings. The molecule has 0 spiro atoms. The quantitative estimate of drug-likeness (QED) is 0.793. The number of nitrogens with one attached hydrogen (secondary N) is 2. The maximum Gasteiger partial charge on any atom is 0.252 e. The number of H-pyrrole nitrogens is 1. The Labute approximate surface area is 92.6 Å². The molecule has 0 unspecified atom stereocenters. The summed E-state index contributed by atoms with van der Waals surface area (Å²) in [6.45, 7) is 0.724. The molecule has 2 rings (SSSR count). The SMILES string of the molecule is O=c1cc(NCCc2cccnc2)nc[nH]1. The summed E-state index contributed by atoms with van der Waals surface area (Å²) in [5.41, 5.74) is 0.999. The molecule has 0 bridgehead atoms. The van der Waals surface area contributed by atoms with Crippen LogP contribution in [0.15, 0.2) is 41.7 Å². The van der Waals surface area contributed by atoms with E-state index in [-0.39, 0.29) is 5.56 Å². The van der Waals surface area contributed by atoms with Crippen LogP contribution in [-0.2, 0) is 6.42 Å². The van der Waals surface area contributed by atoms with E-state index in [2.05, 4.69) is 20.3 Å². The first-order valence-electron chi connectivity index (χ1n) is 5.02. The highest BCUT2D eigenvalue weighted by atomic mass is 16.1. The van der Waals surface area contributed by atoms with Crippen molar-refractivity contribution in [3.63, 3.8) is 0 Å². The van der Waals surface area contributed by atoms with E-state index >= 15 is 0 Å². The van der Waals surface area contributed by atoms with Gasteiger partial charge in [0.25, 0.3) is 5.56 Å². The number of rotatable bonds is 4. The molecular formula is C11H12N4O. The largest absolute Gasteiger partial charge is 0.370 e. The number of nitrogens with zero attached hydrogens (tertiary/aromatic N) is 2. The van der Waals surface area contributed by atoms with E-state index in [1.54, 1.807) is 6.20 Å². The van der Waals surface area contributed by atoms with E-state index in [0.717, 1.165) is 18.5 Å². The number of pyridine rings is 1. The Kier molecular flexibility index (Phi) is 3.28. The monoisotopic (exact) mass is 216 g/mol. The van der Waals surface area contributed by atoms with Gasteiger partial charge in [-0.05, 0) is 18.1 Å². The Morgan fingerprint density at radius 2 is 2.38 bits per heavy atom. The van der Waals surface area contributed by atoms with Crippen molar-refractivity contribution >= 4 is 5.82 Å². The van der Waals surface area contributed by atoms with E-state index in [4.69, 9.17) is 0 Å². The Bertz CT molecular complexity index is 495. The molecule has 2 heterocycles. The van der Waals surface area contributed by atoms with Crippen LogP contribution in [0.25, 0.3) is 0 Å². The van der Waals surface area contributed by atoms with Crippen LogP contribution < -0.4 is 10.9 Å². The molecule has 82 valence electrons. The Morgan fingerprint density at radius 1 is 1.44 bits per heavy atom. The van der Waals surface area contributed by atoms with Crippen molar-refractivity contribution in [3.8, 4) is 0 Å². The molecule has 0 aliphatic heterocycles. The van der Waals surface area contributed by atoms with Gasteiger partial charge in [-0.2, -0.15) is 0 Å². The third-order valence-corrected chi connectivity index (χ3v) is 2.12. The molecule has 0 saturated heterocycles. The standard InChI is InChI=1S/C11H12N4O/c16-11-6-10(14-8-15-11)13-5-3-9-2-1-4-12-7-9/h1-2,4,6-8H,3,5H2,(H2,13,14,15,16). The van der Waals surface area contributed by atoms with Gasteiger partial charge in [-0.25, -0.2) is 4.98 Å². The van der Waals surface area contributed by atoms with Crippen molar-refractivity contribution in [2.75, 3.05) is 11.9 Å². The van der Waals surface area contributed by atoms with E-state index in [1.165, 1.54) is 12.4 Å². The average molecular weight is 216 g/mol. The molecule has 2 aromatic heterocycles. The first-order chi connectivity index (χ1) is 7.84. The van der Waals surface area contributed by atoms with Gasteiger partial charge in [0, 0.05) is 25.0 Å². The lowest BCUT2D eigenvalue weighted by molar-refractivity contribution is 0.984. The molecule has 0 atom stereocenters. The highest BCUT2D eigenvalue weighted by Crippen LogP contribution is 1.99. The molecule has 16 heavy (non-hydrogen) atoms. The predicted molar refractivity (Wildman–Crippen MR) is 61.3 cm³/mol. The van der Waals surface area contributed by atoms with Gasteiger partial charge < -0.3 is 10.3 Å². The number of aromatic amines is 1. The zero-order valence-corrected chi connectivity index (χ0v) is 8.68. The second-order valence-corrected chi connectivity index (χ2v) is 3.33. The topological polar surface area (TPSA) is 70.7 Å². The van der Waals surface area contributed by atoms with Crippen LogP contribution in [-0.4, -0.2) is 21.5 Å². The molecule has 0 amide bonds. The van der Waals surface area contributed by atoms with Crippen LogP contribution in [0.1, 0.15) is 5.56 Å². The van der Waals surface area contributed by atoms with Gasteiger partial charge in [-0.1, -0.05) is 6.07 Å². The minimum atomic E-state index is -0.154. The maximum absolute atomic E-state index is 11.0. The molecule has 0 saturated carbocycles. The minimum absolute atomic E-state index is 0.154. The summed E-state index contributed by atoms with van der Waals surface area (Å²) in [5.74, 6) is 0.590. The summed E-state index contributed by atoms with van der Waals surface area (Å²) in [6, 6.07) is 5.35. The fourth-order valence-electron chi connectivity index (χ4n) is 1.35. The van der Waals surface area contributed by atoms with Gasteiger partial charge in [-0.15, -0.1) is 0 Å². The second-order valence-electron chi connectivity index (χ2n) is 3.33. The zero-order chi connectivity index (χ0) is 11.2. The van der Waals surface area contributed by atoms with Crippen LogP contribution in [0.5, 0.6) is 0 Å². The lowest BCUT2D eigenvalue weighted by Gasteiger charge is -2.04. The summed E-state index contributed by atoms with van der Waals surface area (Å²) in [5, 5.41) is 3.08. The van der Waals surface area contributed by atoms with E-state index in [1.807, 2.05) is 18.3 Å². The molecule has 0 aliphatic carbocycles. The van der Waals surface area contributed by atoms with Gasteiger partial charge in [-0.3, -0.25) is 9.78 Å². The van der Waals surface area contributed by atoms with Gasteiger partial charge >= 0.3 is 0 Å². The lowest BCUT2D eigenvalue weighted by atomic mass is 10.2. The van der Waals surface area contributed by atoms with Crippen molar-refractivity contribution in [1.29, 1.82) is 0 Å². The highest BCUT2D eigenvalue weighted by Gasteiger charge is 1.95. The van der Waals surface area contributed by atoms with Gasteiger partial charge in [0.15, 0.2) is 0 Å². The molecule has 2 aromatic rings. The molecule has 0 aliphatic rings. The normalized spacial score (nSPS) is 10.0. The first-order valence-corrected chi connectivity index (χ1v) is 5.02. The van der Waals surface area contributed by atoms with Crippen LogP contribution in [0.2, 0.25) is 0 Å². The number of aromatic nitrogens is 3. The smallest absolute Gasteiger partial charge is 0.252 e. The molecular weight excluding hydrogens is 204 g/mol. The minimum Gasteiger partial charge on any atom is -0.370 e. The van der Waals surface area contributed by atoms with Crippen LogP contribution in [0, 0.1) is 0 Å². The molecule has 0 radical (unpaired) electrons. The summed E-state index contributed by atoms with van der Waals surface area (Å²) in [4.78, 5) is 21.5. The van der Waals surface area contributed by atoms with Crippen LogP contribution >= 0.6 is 0 Å². The van der Waals surface area contributed by atoms with E-state index in [9.17, 15) is 4.79 Å². The van der Waals surface area contributed by atoms with Crippen LogP contribution in [0.3, 0.4) is 0 Å². The Morgan fingerprint density at radius 3 is 3.12 bits per heavy atom. The van der Waals surface area contributed by atoms with Crippen LogP contribution in [0.4, 0.5) is 5.82 Å².